The van der Waals surface area contributed by atoms with E-state index in [2.05, 4.69) is 15.1 Å². The largest absolute Gasteiger partial charge is 0.497 e. The van der Waals surface area contributed by atoms with Gasteiger partial charge in [-0.2, -0.15) is 0 Å². The summed E-state index contributed by atoms with van der Waals surface area (Å²) < 4.78 is 10.8. The van der Waals surface area contributed by atoms with Gasteiger partial charge in [0, 0.05) is 49.9 Å². The predicted molar refractivity (Wildman–Crippen MR) is 115 cm³/mol. The van der Waals surface area contributed by atoms with Crippen LogP contribution in [-0.2, 0) is 17.9 Å². The number of hydrogen-bond acceptors (Lipinski definition) is 5. The first-order valence-corrected chi connectivity index (χ1v) is 10.1. The first-order valence-electron chi connectivity index (χ1n) is 9.74. The number of rotatable bonds is 8. The highest BCUT2D eigenvalue weighted by molar-refractivity contribution is 6.30. The number of carbonyl (C=O) groups excluding carboxylic acids is 1. The Morgan fingerprint density at radius 1 is 1.00 bits per heavy atom. The molecule has 29 heavy (non-hydrogen) atoms. The van der Waals surface area contributed by atoms with Gasteiger partial charge in [0.25, 0.3) is 0 Å². The van der Waals surface area contributed by atoms with Crippen molar-refractivity contribution in [2.45, 2.75) is 13.1 Å². The number of halogens is 1. The van der Waals surface area contributed by atoms with E-state index in [9.17, 15) is 4.79 Å². The van der Waals surface area contributed by atoms with Gasteiger partial charge in [0.15, 0.2) is 0 Å². The van der Waals surface area contributed by atoms with E-state index in [1.54, 1.807) is 14.2 Å². The standard InChI is InChI=1S/C22H28ClN3O3/c1-28-20-7-8-21(29-2)18(13-20)15-25-9-11-26(12-10-25)16-22(27)24-14-17-3-5-19(23)6-4-17/h3-8,13H,9-12,14-16H2,1-2H3,(H,24,27). The minimum Gasteiger partial charge on any atom is -0.497 e. The molecule has 156 valence electrons. The van der Waals surface area contributed by atoms with Crippen LogP contribution in [-0.4, -0.2) is 62.7 Å². The number of carbonyl (C=O) groups is 1. The number of amides is 1. The van der Waals surface area contributed by atoms with Gasteiger partial charge in [0.05, 0.1) is 20.8 Å². The summed E-state index contributed by atoms with van der Waals surface area (Å²) in [5, 5.41) is 3.68. The molecule has 0 atom stereocenters. The van der Waals surface area contributed by atoms with Crippen LogP contribution in [0.3, 0.4) is 0 Å². The first-order chi connectivity index (χ1) is 14.1. The van der Waals surface area contributed by atoms with E-state index < -0.39 is 0 Å². The average Bonchev–Trinajstić information content (AvgIpc) is 2.74. The van der Waals surface area contributed by atoms with Gasteiger partial charge in [-0.25, -0.2) is 0 Å². The van der Waals surface area contributed by atoms with Crippen LogP contribution < -0.4 is 14.8 Å². The molecule has 1 fully saturated rings. The predicted octanol–water partition coefficient (Wildman–Crippen LogP) is 2.79. The topological polar surface area (TPSA) is 54.0 Å². The molecular weight excluding hydrogens is 390 g/mol. The Morgan fingerprint density at radius 2 is 1.69 bits per heavy atom. The van der Waals surface area contributed by atoms with Crippen molar-refractivity contribution in [1.82, 2.24) is 15.1 Å². The van der Waals surface area contributed by atoms with E-state index in [1.165, 1.54) is 0 Å². The maximum Gasteiger partial charge on any atom is 0.234 e. The second-order valence-corrected chi connectivity index (χ2v) is 7.57. The minimum absolute atomic E-state index is 0.0443. The second kappa shape index (κ2) is 10.5. The summed E-state index contributed by atoms with van der Waals surface area (Å²) in [5.74, 6) is 1.74. The summed E-state index contributed by atoms with van der Waals surface area (Å²) in [4.78, 5) is 16.8. The molecule has 0 unspecified atom stereocenters. The zero-order valence-corrected chi connectivity index (χ0v) is 17.7. The molecule has 2 aromatic carbocycles. The van der Waals surface area contributed by atoms with Gasteiger partial charge in [0.2, 0.25) is 5.91 Å². The Morgan fingerprint density at radius 3 is 2.34 bits per heavy atom. The van der Waals surface area contributed by atoms with Crippen LogP contribution in [0.5, 0.6) is 11.5 Å². The van der Waals surface area contributed by atoms with Crippen molar-refractivity contribution in [3.63, 3.8) is 0 Å². The zero-order chi connectivity index (χ0) is 20.6. The van der Waals surface area contributed by atoms with Crippen LogP contribution in [0, 0.1) is 0 Å². The third kappa shape index (κ3) is 6.35. The summed E-state index contributed by atoms with van der Waals surface area (Å²) >= 11 is 5.89. The first kappa shape index (κ1) is 21.4. The van der Waals surface area contributed by atoms with Crippen molar-refractivity contribution in [1.29, 1.82) is 0 Å². The highest BCUT2D eigenvalue weighted by Gasteiger charge is 2.20. The van der Waals surface area contributed by atoms with Crippen LogP contribution in [0.25, 0.3) is 0 Å². The maximum atomic E-state index is 12.3. The molecule has 1 N–H and O–H groups in total. The number of piperazine rings is 1. The summed E-state index contributed by atoms with van der Waals surface area (Å²) in [6.45, 7) is 5.28. The number of methoxy groups -OCH3 is 2. The molecule has 1 aliphatic heterocycles. The third-order valence-electron chi connectivity index (χ3n) is 5.12. The Kier molecular flexibility index (Phi) is 7.75. The Balaban J connectivity index is 1.43. The van der Waals surface area contributed by atoms with Gasteiger partial charge in [-0.15, -0.1) is 0 Å². The molecule has 0 bridgehead atoms. The van der Waals surface area contributed by atoms with Crippen molar-refractivity contribution in [3.05, 3.63) is 58.6 Å². The smallest absolute Gasteiger partial charge is 0.234 e. The van der Waals surface area contributed by atoms with Gasteiger partial charge < -0.3 is 14.8 Å². The van der Waals surface area contributed by atoms with E-state index >= 15 is 0 Å². The van der Waals surface area contributed by atoms with Crippen molar-refractivity contribution in [2.24, 2.45) is 0 Å². The fourth-order valence-electron chi connectivity index (χ4n) is 3.41. The summed E-state index contributed by atoms with van der Waals surface area (Å²) in [6.07, 6.45) is 0. The third-order valence-corrected chi connectivity index (χ3v) is 5.37. The molecule has 3 rings (SSSR count). The number of ether oxygens (including phenoxy) is 2. The van der Waals surface area contributed by atoms with Crippen molar-refractivity contribution in [3.8, 4) is 11.5 Å². The Labute approximate surface area is 177 Å². The van der Waals surface area contributed by atoms with Crippen LogP contribution in [0.1, 0.15) is 11.1 Å². The number of nitrogens with zero attached hydrogens (tertiary/aromatic N) is 2. The van der Waals surface area contributed by atoms with Gasteiger partial charge in [-0.3, -0.25) is 14.6 Å². The molecular formula is C22H28ClN3O3. The highest BCUT2D eigenvalue weighted by atomic mass is 35.5. The number of nitrogens with one attached hydrogen (secondary N) is 1. The molecule has 2 aromatic rings. The van der Waals surface area contributed by atoms with E-state index in [-0.39, 0.29) is 5.91 Å². The van der Waals surface area contributed by atoms with E-state index in [4.69, 9.17) is 21.1 Å². The van der Waals surface area contributed by atoms with Gasteiger partial charge >= 0.3 is 0 Å². The molecule has 7 heteroatoms. The van der Waals surface area contributed by atoms with E-state index in [0.717, 1.165) is 55.3 Å². The lowest BCUT2D eigenvalue weighted by molar-refractivity contribution is -0.122. The summed E-state index contributed by atoms with van der Waals surface area (Å²) in [6, 6.07) is 13.4. The van der Waals surface area contributed by atoms with Crippen molar-refractivity contribution < 1.29 is 14.3 Å². The van der Waals surface area contributed by atoms with Crippen LogP contribution >= 0.6 is 11.6 Å². The molecule has 1 amide bonds. The van der Waals surface area contributed by atoms with Gasteiger partial charge in [-0.1, -0.05) is 23.7 Å². The highest BCUT2D eigenvalue weighted by Crippen LogP contribution is 2.25. The lowest BCUT2D eigenvalue weighted by Crippen LogP contribution is -2.49. The minimum atomic E-state index is 0.0443. The number of benzene rings is 2. The summed E-state index contributed by atoms with van der Waals surface area (Å²) in [5.41, 5.74) is 2.15. The van der Waals surface area contributed by atoms with Crippen LogP contribution in [0.2, 0.25) is 5.02 Å². The molecule has 6 nitrogen and oxygen atoms in total. The normalized spacial score (nSPS) is 15.1. The quantitative estimate of drug-likeness (QED) is 0.715. The van der Waals surface area contributed by atoms with Gasteiger partial charge in [-0.05, 0) is 35.9 Å². The fraction of sp³-hybridized carbons (Fsp3) is 0.409. The molecule has 0 spiro atoms. The Hall–Kier alpha value is -2.28. The van der Waals surface area contributed by atoms with Crippen molar-refractivity contribution >= 4 is 17.5 Å². The van der Waals surface area contributed by atoms with E-state index in [0.29, 0.717) is 18.1 Å². The summed E-state index contributed by atoms with van der Waals surface area (Å²) in [7, 11) is 3.36. The lowest BCUT2D eigenvalue weighted by Gasteiger charge is -2.34. The zero-order valence-electron chi connectivity index (χ0n) is 17.0. The SMILES string of the molecule is COc1ccc(OC)c(CN2CCN(CC(=O)NCc3ccc(Cl)cc3)CC2)c1. The molecule has 1 saturated heterocycles. The maximum absolute atomic E-state index is 12.3. The van der Waals surface area contributed by atoms with Crippen molar-refractivity contribution in [2.75, 3.05) is 46.9 Å². The molecule has 0 saturated carbocycles. The molecule has 1 heterocycles. The Bertz CT molecular complexity index is 805. The fourth-order valence-corrected chi connectivity index (χ4v) is 3.54. The van der Waals surface area contributed by atoms with Gasteiger partial charge in [0.1, 0.15) is 11.5 Å². The lowest BCUT2D eigenvalue weighted by atomic mass is 10.1. The molecule has 0 radical (unpaired) electrons. The molecule has 0 aromatic heterocycles. The van der Waals surface area contributed by atoms with Crippen LogP contribution in [0.15, 0.2) is 42.5 Å². The van der Waals surface area contributed by atoms with E-state index in [1.807, 2.05) is 42.5 Å². The second-order valence-electron chi connectivity index (χ2n) is 7.13. The monoisotopic (exact) mass is 417 g/mol. The average molecular weight is 418 g/mol. The molecule has 0 aliphatic carbocycles. The van der Waals surface area contributed by atoms with Crippen LogP contribution in [0.4, 0.5) is 0 Å². The molecule has 1 aliphatic rings. The number of hydrogen-bond donors (Lipinski definition) is 1.